The Morgan fingerprint density at radius 3 is 2.77 bits per heavy atom. The lowest BCUT2D eigenvalue weighted by molar-refractivity contribution is 0.0594. The Morgan fingerprint density at radius 1 is 1.27 bits per heavy atom. The van der Waals surface area contributed by atoms with E-state index in [1.165, 1.54) is 24.9 Å². The standard InChI is InChI=1S/C19H18N2O4S/c1-24-19(23)14-6-5-12(10-20-14)13-11-26-18-15(22)9-16(25-17(13)18)21-7-3-2-4-8-21/h5-6,9-11H,2-4,7-8H2,1H3. The van der Waals surface area contributed by atoms with Crippen LogP contribution in [0.25, 0.3) is 21.4 Å². The van der Waals surface area contributed by atoms with Gasteiger partial charge in [-0.25, -0.2) is 9.78 Å². The molecular weight excluding hydrogens is 352 g/mol. The minimum absolute atomic E-state index is 0.0257. The van der Waals surface area contributed by atoms with E-state index >= 15 is 0 Å². The zero-order valence-electron chi connectivity index (χ0n) is 14.4. The van der Waals surface area contributed by atoms with Gasteiger partial charge in [-0.05, 0) is 25.3 Å². The molecule has 1 aliphatic rings. The van der Waals surface area contributed by atoms with Gasteiger partial charge in [0, 0.05) is 41.9 Å². The highest BCUT2D eigenvalue weighted by atomic mass is 32.1. The number of hydrogen-bond donors (Lipinski definition) is 0. The van der Waals surface area contributed by atoms with Crippen molar-refractivity contribution < 1.29 is 13.9 Å². The van der Waals surface area contributed by atoms with Crippen LogP contribution in [-0.2, 0) is 4.74 Å². The molecule has 0 radical (unpaired) electrons. The number of rotatable bonds is 3. The Bertz CT molecular complexity index is 1000. The number of methoxy groups -OCH3 is 1. The predicted octanol–water partition coefficient (Wildman–Crippen LogP) is 3.69. The molecule has 0 spiro atoms. The zero-order valence-corrected chi connectivity index (χ0v) is 15.2. The second kappa shape index (κ2) is 6.92. The fourth-order valence-corrected chi connectivity index (χ4v) is 4.09. The molecular formula is C19H18N2O4S. The van der Waals surface area contributed by atoms with Crippen molar-refractivity contribution >= 4 is 33.5 Å². The summed E-state index contributed by atoms with van der Waals surface area (Å²) in [6, 6.07) is 4.98. The number of carbonyl (C=O) groups excluding carboxylic acids is 1. The molecule has 0 atom stereocenters. The van der Waals surface area contributed by atoms with Gasteiger partial charge in [0.2, 0.25) is 5.43 Å². The summed E-state index contributed by atoms with van der Waals surface area (Å²) in [6.07, 6.45) is 5.03. The predicted molar refractivity (Wildman–Crippen MR) is 101 cm³/mol. The van der Waals surface area contributed by atoms with E-state index in [9.17, 15) is 9.59 Å². The Kier molecular flexibility index (Phi) is 4.46. The highest BCUT2D eigenvalue weighted by molar-refractivity contribution is 7.17. The summed E-state index contributed by atoms with van der Waals surface area (Å²) in [4.78, 5) is 30.3. The van der Waals surface area contributed by atoms with Gasteiger partial charge in [0.1, 0.15) is 10.4 Å². The monoisotopic (exact) mass is 370 g/mol. The second-order valence-electron chi connectivity index (χ2n) is 6.23. The highest BCUT2D eigenvalue weighted by Gasteiger charge is 2.18. The number of carbonyl (C=O) groups is 1. The Morgan fingerprint density at radius 2 is 2.08 bits per heavy atom. The largest absolute Gasteiger partial charge is 0.464 e. The molecule has 134 valence electrons. The van der Waals surface area contributed by atoms with Crippen LogP contribution in [0.2, 0.25) is 0 Å². The zero-order chi connectivity index (χ0) is 18.1. The molecule has 0 saturated carbocycles. The molecule has 1 fully saturated rings. The van der Waals surface area contributed by atoms with Crippen LogP contribution in [0.5, 0.6) is 0 Å². The molecule has 0 aliphatic carbocycles. The molecule has 0 amide bonds. The molecule has 0 unspecified atom stereocenters. The van der Waals surface area contributed by atoms with Crippen molar-refractivity contribution in [3.8, 4) is 11.1 Å². The Labute approximate surface area is 154 Å². The van der Waals surface area contributed by atoms with E-state index in [2.05, 4.69) is 14.6 Å². The quantitative estimate of drug-likeness (QED) is 0.655. The van der Waals surface area contributed by atoms with Crippen LogP contribution in [0, 0.1) is 0 Å². The van der Waals surface area contributed by atoms with Gasteiger partial charge < -0.3 is 14.1 Å². The lowest BCUT2D eigenvalue weighted by Crippen LogP contribution is -2.29. The highest BCUT2D eigenvalue weighted by Crippen LogP contribution is 2.34. The normalized spacial score (nSPS) is 14.6. The number of nitrogens with zero attached hydrogens (tertiary/aromatic N) is 2. The first-order valence-corrected chi connectivity index (χ1v) is 9.40. The molecule has 4 rings (SSSR count). The van der Waals surface area contributed by atoms with Gasteiger partial charge in [0.25, 0.3) is 0 Å². The van der Waals surface area contributed by atoms with E-state index in [0.717, 1.165) is 37.1 Å². The molecule has 1 saturated heterocycles. The van der Waals surface area contributed by atoms with Gasteiger partial charge in [-0.15, -0.1) is 11.3 Å². The molecule has 0 bridgehead atoms. The molecule has 0 aromatic carbocycles. The van der Waals surface area contributed by atoms with Crippen LogP contribution in [-0.4, -0.2) is 31.2 Å². The van der Waals surface area contributed by atoms with Crippen LogP contribution in [0.3, 0.4) is 0 Å². The third-order valence-electron chi connectivity index (χ3n) is 4.57. The van der Waals surface area contributed by atoms with Crippen molar-refractivity contribution in [1.29, 1.82) is 0 Å². The van der Waals surface area contributed by atoms with E-state index in [1.54, 1.807) is 24.4 Å². The summed E-state index contributed by atoms with van der Waals surface area (Å²) >= 11 is 1.36. The van der Waals surface area contributed by atoms with Crippen LogP contribution in [0.1, 0.15) is 29.8 Å². The number of thiophene rings is 1. The average Bonchev–Trinajstić information content (AvgIpc) is 3.13. The Balaban J connectivity index is 1.77. The molecule has 3 aromatic heterocycles. The first-order chi connectivity index (χ1) is 12.7. The van der Waals surface area contributed by atoms with E-state index in [0.29, 0.717) is 16.2 Å². The van der Waals surface area contributed by atoms with Crippen molar-refractivity contribution in [1.82, 2.24) is 4.98 Å². The third-order valence-corrected chi connectivity index (χ3v) is 5.54. The van der Waals surface area contributed by atoms with Crippen molar-refractivity contribution in [2.75, 3.05) is 25.1 Å². The number of aromatic nitrogens is 1. The first kappa shape index (κ1) is 16.8. The van der Waals surface area contributed by atoms with E-state index < -0.39 is 5.97 Å². The van der Waals surface area contributed by atoms with Crippen LogP contribution >= 0.6 is 11.3 Å². The second-order valence-corrected chi connectivity index (χ2v) is 7.11. The number of esters is 1. The number of anilines is 1. The van der Waals surface area contributed by atoms with Crippen LogP contribution in [0.15, 0.2) is 39.0 Å². The van der Waals surface area contributed by atoms with E-state index in [4.69, 9.17) is 4.42 Å². The maximum atomic E-state index is 12.5. The average molecular weight is 370 g/mol. The molecule has 4 heterocycles. The minimum Gasteiger partial charge on any atom is -0.464 e. The summed E-state index contributed by atoms with van der Waals surface area (Å²) < 4.78 is 11.4. The van der Waals surface area contributed by atoms with Crippen LogP contribution < -0.4 is 10.3 Å². The molecule has 3 aromatic rings. The molecule has 0 N–H and O–H groups in total. The summed E-state index contributed by atoms with van der Waals surface area (Å²) in [5.74, 6) is 0.145. The first-order valence-electron chi connectivity index (χ1n) is 8.52. The maximum Gasteiger partial charge on any atom is 0.356 e. The van der Waals surface area contributed by atoms with Crippen LogP contribution in [0.4, 0.5) is 5.88 Å². The molecule has 1 aliphatic heterocycles. The smallest absolute Gasteiger partial charge is 0.356 e. The van der Waals surface area contributed by atoms with Crippen molar-refractivity contribution in [3.63, 3.8) is 0 Å². The van der Waals surface area contributed by atoms with Gasteiger partial charge >= 0.3 is 5.97 Å². The molecule has 7 heteroatoms. The summed E-state index contributed by atoms with van der Waals surface area (Å²) in [5.41, 5.74) is 2.40. The summed E-state index contributed by atoms with van der Waals surface area (Å²) in [5, 5.41) is 1.89. The van der Waals surface area contributed by atoms with Crippen molar-refractivity contribution in [2.24, 2.45) is 0 Å². The van der Waals surface area contributed by atoms with Gasteiger partial charge in [-0.3, -0.25) is 4.79 Å². The minimum atomic E-state index is -0.481. The summed E-state index contributed by atoms with van der Waals surface area (Å²) in [6.45, 7) is 1.81. The van der Waals surface area contributed by atoms with Gasteiger partial charge in [-0.1, -0.05) is 6.07 Å². The topological polar surface area (TPSA) is 72.6 Å². The summed E-state index contributed by atoms with van der Waals surface area (Å²) in [7, 11) is 1.32. The van der Waals surface area contributed by atoms with Crippen molar-refractivity contribution in [3.05, 3.63) is 45.7 Å². The number of piperidine rings is 1. The fraction of sp³-hybridized carbons (Fsp3) is 0.316. The molecule has 26 heavy (non-hydrogen) atoms. The van der Waals surface area contributed by atoms with Gasteiger partial charge in [0.15, 0.2) is 11.5 Å². The third kappa shape index (κ3) is 2.99. The number of pyridine rings is 1. The lowest BCUT2D eigenvalue weighted by Gasteiger charge is -2.26. The van der Waals surface area contributed by atoms with E-state index in [1.807, 2.05) is 5.38 Å². The van der Waals surface area contributed by atoms with Gasteiger partial charge in [-0.2, -0.15) is 0 Å². The van der Waals surface area contributed by atoms with E-state index in [-0.39, 0.29) is 11.1 Å². The number of hydrogen-bond acceptors (Lipinski definition) is 7. The Hall–Kier alpha value is -2.67. The maximum absolute atomic E-state index is 12.5. The fourth-order valence-electron chi connectivity index (χ4n) is 3.18. The van der Waals surface area contributed by atoms with Gasteiger partial charge in [0.05, 0.1) is 7.11 Å². The number of ether oxygens (including phenoxy) is 1. The SMILES string of the molecule is COC(=O)c1ccc(-c2csc3c(=O)cc(N4CCCCC4)oc23)cn1. The number of fused-ring (bicyclic) bond motifs is 1. The van der Waals surface area contributed by atoms with Crippen molar-refractivity contribution in [2.45, 2.75) is 19.3 Å². The lowest BCUT2D eigenvalue weighted by atomic mass is 10.1. The molecule has 6 nitrogen and oxygen atoms in total.